The van der Waals surface area contributed by atoms with E-state index in [9.17, 15) is 9.59 Å². The number of urea groups is 1. The second-order valence-corrected chi connectivity index (χ2v) is 4.41. The molecule has 0 saturated carbocycles. The highest BCUT2D eigenvalue weighted by Crippen LogP contribution is 2.15. The van der Waals surface area contributed by atoms with Crippen LogP contribution in [0.25, 0.3) is 0 Å². The Balaban J connectivity index is 2.09. The molecule has 2 N–H and O–H groups in total. The Morgan fingerprint density at radius 3 is 2.83 bits per heavy atom. The van der Waals surface area contributed by atoms with Gasteiger partial charge in [-0.1, -0.05) is 12.7 Å². The lowest BCUT2D eigenvalue weighted by molar-refractivity contribution is -0.119. The molecule has 3 amide bonds. The van der Waals surface area contributed by atoms with Crippen molar-refractivity contribution in [1.29, 1.82) is 0 Å². The third-order valence-electron chi connectivity index (χ3n) is 3.18. The van der Waals surface area contributed by atoms with Gasteiger partial charge in [0, 0.05) is 19.9 Å². The number of amides is 3. The molecule has 0 bridgehead atoms. The molecule has 2 heterocycles. The topological polar surface area (TPSA) is 70.7 Å². The smallest absolute Gasteiger partial charge is 0.322 e. The monoisotopic (exact) mass is 251 g/mol. The highest BCUT2D eigenvalue weighted by atomic mass is 16.5. The van der Waals surface area contributed by atoms with E-state index in [0.29, 0.717) is 18.2 Å². The molecule has 2 aliphatic heterocycles. The van der Waals surface area contributed by atoms with Crippen molar-refractivity contribution in [2.45, 2.75) is 18.5 Å². The van der Waals surface area contributed by atoms with Crippen LogP contribution >= 0.6 is 0 Å². The Morgan fingerprint density at radius 2 is 2.33 bits per heavy atom. The highest BCUT2D eigenvalue weighted by Gasteiger charge is 2.32. The third-order valence-corrected chi connectivity index (χ3v) is 3.18. The van der Waals surface area contributed by atoms with Gasteiger partial charge in [0.05, 0.1) is 12.6 Å². The van der Waals surface area contributed by atoms with Crippen molar-refractivity contribution in [1.82, 2.24) is 15.5 Å². The van der Waals surface area contributed by atoms with Gasteiger partial charge in [-0.2, -0.15) is 0 Å². The number of ether oxygens (including phenoxy) is 1. The number of nitrogens with zero attached hydrogens (tertiary/aromatic N) is 1. The molecule has 2 saturated heterocycles. The van der Waals surface area contributed by atoms with Crippen molar-refractivity contribution < 1.29 is 14.3 Å². The van der Waals surface area contributed by atoms with Crippen molar-refractivity contribution in [2.24, 2.45) is 0 Å². The van der Waals surface area contributed by atoms with Crippen molar-refractivity contribution >= 4 is 11.9 Å². The lowest BCUT2D eigenvalue weighted by atomic mass is 10.1. The summed E-state index contributed by atoms with van der Waals surface area (Å²) in [5, 5.41) is 4.76. The summed E-state index contributed by atoms with van der Waals surface area (Å²) in [4.78, 5) is 24.7. The standard InChI is InChI=1S/C12H17N3O3/c1-3-8(10-11(16)14-12(17)13-10)6-15(2)9-4-5-18-7-9/h3,6,9-10H,1,4-5,7H2,2H3,(H2,13,14,16,17)/b8-6+. The molecule has 0 aromatic heterocycles. The van der Waals surface area contributed by atoms with Crippen LogP contribution in [0.15, 0.2) is 24.4 Å². The fourth-order valence-corrected chi connectivity index (χ4v) is 2.08. The van der Waals surface area contributed by atoms with E-state index >= 15 is 0 Å². The molecule has 98 valence electrons. The number of likely N-dealkylation sites (N-methyl/N-ethyl adjacent to an activating group) is 1. The zero-order chi connectivity index (χ0) is 13.1. The van der Waals surface area contributed by atoms with Gasteiger partial charge in [0.2, 0.25) is 0 Å². The van der Waals surface area contributed by atoms with Gasteiger partial charge < -0.3 is 15.0 Å². The van der Waals surface area contributed by atoms with Crippen LogP contribution in [0, 0.1) is 0 Å². The number of nitrogens with one attached hydrogen (secondary N) is 2. The van der Waals surface area contributed by atoms with Gasteiger partial charge in [-0.15, -0.1) is 0 Å². The molecular formula is C12H17N3O3. The second kappa shape index (κ2) is 5.22. The number of carbonyl (C=O) groups is 2. The summed E-state index contributed by atoms with van der Waals surface area (Å²) in [5.41, 5.74) is 0.674. The lowest BCUT2D eigenvalue weighted by Gasteiger charge is -2.23. The molecule has 18 heavy (non-hydrogen) atoms. The summed E-state index contributed by atoms with van der Waals surface area (Å²) in [6.07, 6.45) is 4.38. The van der Waals surface area contributed by atoms with E-state index in [0.717, 1.165) is 13.0 Å². The average molecular weight is 251 g/mol. The van der Waals surface area contributed by atoms with E-state index in [-0.39, 0.29) is 5.91 Å². The van der Waals surface area contributed by atoms with Crippen LogP contribution in [-0.2, 0) is 9.53 Å². The molecule has 0 radical (unpaired) electrons. The quantitative estimate of drug-likeness (QED) is 0.544. The first-order valence-corrected chi connectivity index (χ1v) is 5.87. The molecular weight excluding hydrogens is 234 g/mol. The lowest BCUT2D eigenvalue weighted by Crippen LogP contribution is -2.33. The summed E-state index contributed by atoms with van der Waals surface area (Å²) >= 11 is 0. The van der Waals surface area contributed by atoms with Gasteiger partial charge in [-0.05, 0) is 12.0 Å². The van der Waals surface area contributed by atoms with E-state index in [1.165, 1.54) is 0 Å². The summed E-state index contributed by atoms with van der Waals surface area (Å²) in [6.45, 7) is 5.13. The Kier molecular flexibility index (Phi) is 3.66. The SMILES string of the molecule is C=C/C(=C\N(C)C1CCOC1)C1NC(=O)NC1=O. The fourth-order valence-electron chi connectivity index (χ4n) is 2.08. The van der Waals surface area contributed by atoms with Gasteiger partial charge in [-0.3, -0.25) is 10.1 Å². The molecule has 6 nitrogen and oxygen atoms in total. The minimum absolute atomic E-state index is 0.306. The Bertz CT molecular complexity index is 399. The first-order chi connectivity index (χ1) is 8.61. The fraction of sp³-hybridized carbons (Fsp3) is 0.500. The maximum Gasteiger partial charge on any atom is 0.322 e. The van der Waals surface area contributed by atoms with Crippen LogP contribution < -0.4 is 10.6 Å². The minimum Gasteiger partial charge on any atom is -0.379 e. The van der Waals surface area contributed by atoms with Crippen LogP contribution in [0.1, 0.15) is 6.42 Å². The molecule has 2 fully saturated rings. The Labute approximate surface area is 106 Å². The first-order valence-electron chi connectivity index (χ1n) is 5.87. The summed E-state index contributed by atoms with van der Waals surface area (Å²) in [7, 11) is 1.93. The zero-order valence-electron chi connectivity index (χ0n) is 10.3. The summed E-state index contributed by atoms with van der Waals surface area (Å²) in [5.74, 6) is -0.345. The van der Waals surface area contributed by atoms with E-state index in [2.05, 4.69) is 17.2 Å². The summed E-state index contributed by atoms with van der Waals surface area (Å²) < 4.78 is 5.31. The summed E-state index contributed by atoms with van der Waals surface area (Å²) in [6, 6.07) is -0.815. The van der Waals surface area contributed by atoms with Crippen LogP contribution in [0.3, 0.4) is 0 Å². The predicted molar refractivity (Wildman–Crippen MR) is 65.7 cm³/mol. The molecule has 0 aromatic carbocycles. The molecule has 2 atom stereocenters. The molecule has 2 unspecified atom stereocenters. The maximum absolute atomic E-state index is 11.6. The largest absolute Gasteiger partial charge is 0.379 e. The molecule has 0 aromatic rings. The molecule has 2 rings (SSSR count). The number of hydrogen-bond donors (Lipinski definition) is 2. The normalized spacial score (nSPS) is 27.9. The van der Waals surface area contributed by atoms with Gasteiger partial charge >= 0.3 is 6.03 Å². The average Bonchev–Trinajstić information content (AvgIpc) is 2.95. The highest BCUT2D eigenvalue weighted by molar-refractivity contribution is 6.06. The van der Waals surface area contributed by atoms with E-state index in [4.69, 9.17) is 4.74 Å². The molecule has 0 aliphatic carbocycles. The number of hydrogen-bond acceptors (Lipinski definition) is 4. The van der Waals surface area contributed by atoms with Crippen molar-refractivity contribution in [2.75, 3.05) is 20.3 Å². The Morgan fingerprint density at radius 1 is 1.56 bits per heavy atom. The molecule has 0 spiro atoms. The first kappa shape index (κ1) is 12.6. The zero-order valence-corrected chi connectivity index (χ0v) is 10.3. The van der Waals surface area contributed by atoms with Gasteiger partial charge in [0.15, 0.2) is 0 Å². The van der Waals surface area contributed by atoms with Crippen LogP contribution in [-0.4, -0.2) is 49.2 Å². The number of imide groups is 1. The van der Waals surface area contributed by atoms with Crippen molar-refractivity contribution in [3.05, 3.63) is 24.4 Å². The predicted octanol–water partition coefficient (Wildman–Crippen LogP) is -0.0150. The minimum atomic E-state index is -0.653. The molecule has 6 heteroatoms. The third kappa shape index (κ3) is 2.53. The maximum atomic E-state index is 11.6. The van der Waals surface area contributed by atoms with Crippen molar-refractivity contribution in [3.8, 4) is 0 Å². The Hall–Kier alpha value is -1.82. The molecule has 2 aliphatic rings. The number of rotatable bonds is 4. The van der Waals surface area contributed by atoms with Crippen molar-refractivity contribution in [3.63, 3.8) is 0 Å². The van der Waals surface area contributed by atoms with Crippen LogP contribution in [0.2, 0.25) is 0 Å². The number of carbonyl (C=O) groups excluding carboxylic acids is 2. The van der Waals surface area contributed by atoms with Crippen LogP contribution in [0.5, 0.6) is 0 Å². The van der Waals surface area contributed by atoms with E-state index in [1.54, 1.807) is 6.08 Å². The van der Waals surface area contributed by atoms with Gasteiger partial charge in [0.25, 0.3) is 5.91 Å². The van der Waals surface area contributed by atoms with Gasteiger partial charge in [-0.25, -0.2) is 4.79 Å². The second-order valence-electron chi connectivity index (χ2n) is 4.41. The van der Waals surface area contributed by atoms with Crippen LogP contribution in [0.4, 0.5) is 4.79 Å². The van der Waals surface area contributed by atoms with Gasteiger partial charge in [0.1, 0.15) is 6.04 Å². The van der Waals surface area contributed by atoms with E-state index in [1.807, 2.05) is 18.1 Å². The van der Waals surface area contributed by atoms with E-state index < -0.39 is 12.1 Å².